The summed E-state index contributed by atoms with van der Waals surface area (Å²) in [4.78, 5) is 0. The second-order valence-electron chi connectivity index (χ2n) is 4.80. The van der Waals surface area contributed by atoms with Crippen LogP contribution in [0.4, 0.5) is 0 Å². The average molecular weight is 183 g/mol. The molecule has 1 saturated carbocycles. The summed E-state index contributed by atoms with van der Waals surface area (Å²) in [6.45, 7) is 8.03. The SMILES string of the molecule is CCCC(CNC(C)C)C1CCC1. The Balaban J connectivity index is 2.20. The predicted octanol–water partition coefficient (Wildman–Crippen LogP) is 3.20. The lowest BCUT2D eigenvalue weighted by molar-refractivity contribution is 0.187. The van der Waals surface area contributed by atoms with Gasteiger partial charge in [-0.2, -0.15) is 0 Å². The number of hydrogen-bond acceptors (Lipinski definition) is 1. The first-order valence-electron chi connectivity index (χ1n) is 5.97. The van der Waals surface area contributed by atoms with Crippen LogP contribution < -0.4 is 5.32 Å². The normalized spacial score (nSPS) is 20.3. The van der Waals surface area contributed by atoms with Crippen LogP contribution in [0.1, 0.15) is 52.9 Å². The largest absolute Gasteiger partial charge is 0.314 e. The van der Waals surface area contributed by atoms with E-state index >= 15 is 0 Å². The van der Waals surface area contributed by atoms with E-state index in [0.717, 1.165) is 11.8 Å². The summed E-state index contributed by atoms with van der Waals surface area (Å²) in [7, 11) is 0. The van der Waals surface area contributed by atoms with Gasteiger partial charge in [0.2, 0.25) is 0 Å². The number of rotatable bonds is 6. The van der Waals surface area contributed by atoms with Crippen LogP contribution in [-0.2, 0) is 0 Å². The summed E-state index contributed by atoms with van der Waals surface area (Å²) in [6, 6.07) is 0.652. The van der Waals surface area contributed by atoms with Gasteiger partial charge >= 0.3 is 0 Å². The molecule has 0 radical (unpaired) electrons. The van der Waals surface area contributed by atoms with Gasteiger partial charge in [0.1, 0.15) is 0 Å². The molecule has 0 heterocycles. The molecule has 1 fully saturated rings. The third-order valence-corrected chi connectivity index (χ3v) is 3.26. The number of hydrogen-bond donors (Lipinski definition) is 1. The molecule has 78 valence electrons. The molecule has 0 saturated heterocycles. The highest BCUT2D eigenvalue weighted by atomic mass is 14.9. The van der Waals surface area contributed by atoms with Crippen molar-refractivity contribution < 1.29 is 0 Å². The van der Waals surface area contributed by atoms with E-state index in [2.05, 4.69) is 26.1 Å². The molecule has 0 amide bonds. The third-order valence-electron chi connectivity index (χ3n) is 3.26. The first kappa shape index (κ1) is 11.0. The maximum Gasteiger partial charge on any atom is 0.00104 e. The predicted molar refractivity (Wildman–Crippen MR) is 58.9 cm³/mol. The molecule has 1 heteroatoms. The third kappa shape index (κ3) is 3.68. The maximum atomic E-state index is 3.58. The van der Waals surface area contributed by atoms with Crippen LogP contribution >= 0.6 is 0 Å². The zero-order chi connectivity index (χ0) is 9.68. The molecular formula is C12H25N. The van der Waals surface area contributed by atoms with Crippen LogP contribution in [0.2, 0.25) is 0 Å². The fourth-order valence-electron chi connectivity index (χ4n) is 2.17. The van der Waals surface area contributed by atoms with Crippen LogP contribution in [0.25, 0.3) is 0 Å². The van der Waals surface area contributed by atoms with Crippen LogP contribution in [0, 0.1) is 11.8 Å². The van der Waals surface area contributed by atoms with Crippen molar-refractivity contribution in [1.29, 1.82) is 0 Å². The van der Waals surface area contributed by atoms with E-state index in [0.29, 0.717) is 6.04 Å². The summed E-state index contributed by atoms with van der Waals surface area (Å²) in [5.41, 5.74) is 0. The summed E-state index contributed by atoms with van der Waals surface area (Å²) in [5.74, 6) is 2.01. The van der Waals surface area contributed by atoms with Crippen LogP contribution in [0.3, 0.4) is 0 Å². The second-order valence-corrected chi connectivity index (χ2v) is 4.80. The van der Waals surface area contributed by atoms with Gasteiger partial charge < -0.3 is 5.32 Å². The van der Waals surface area contributed by atoms with E-state index in [-0.39, 0.29) is 0 Å². The Hall–Kier alpha value is -0.0400. The van der Waals surface area contributed by atoms with Gasteiger partial charge in [0.15, 0.2) is 0 Å². The molecule has 1 atom stereocenters. The van der Waals surface area contributed by atoms with Crippen molar-refractivity contribution in [3.8, 4) is 0 Å². The van der Waals surface area contributed by atoms with E-state index in [1.165, 1.54) is 38.6 Å². The molecule has 1 rings (SSSR count). The fourth-order valence-corrected chi connectivity index (χ4v) is 2.17. The highest BCUT2D eigenvalue weighted by Crippen LogP contribution is 2.35. The van der Waals surface area contributed by atoms with Crippen molar-refractivity contribution in [2.45, 2.75) is 58.9 Å². The van der Waals surface area contributed by atoms with Gasteiger partial charge in [-0.25, -0.2) is 0 Å². The van der Waals surface area contributed by atoms with Gasteiger partial charge in [-0.05, 0) is 24.8 Å². The Bertz CT molecular complexity index is 127. The minimum absolute atomic E-state index is 0.652. The van der Waals surface area contributed by atoms with E-state index in [1.807, 2.05) is 0 Å². The van der Waals surface area contributed by atoms with E-state index in [4.69, 9.17) is 0 Å². The van der Waals surface area contributed by atoms with Gasteiger partial charge in [-0.1, -0.05) is 46.5 Å². The molecule has 1 unspecified atom stereocenters. The Labute approximate surface area is 83.3 Å². The van der Waals surface area contributed by atoms with Crippen molar-refractivity contribution >= 4 is 0 Å². The molecule has 1 N–H and O–H groups in total. The summed E-state index contributed by atoms with van der Waals surface area (Å²) < 4.78 is 0. The van der Waals surface area contributed by atoms with Crippen LogP contribution in [-0.4, -0.2) is 12.6 Å². The van der Waals surface area contributed by atoms with Crippen molar-refractivity contribution in [2.24, 2.45) is 11.8 Å². The summed E-state index contributed by atoms with van der Waals surface area (Å²) in [6.07, 6.45) is 7.23. The van der Waals surface area contributed by atoms with Crippen molar-refractivity contribution in [3.63, 3.8) is 0 Å². The molecule has 1 aliphatic rings. The quantitative estimate of drug-likeness (QED) is 0.667. The fraction of sp³-hybridized carbons (Fsp3) is 1.00. The van der Waals surface area contributed by atoms with Gasteiger partial charge in [-0.15, -0.1) is 0 Å². The van der Waals surface area contributed by atoms with Crippen molar-refractivity contribution in [3.05, 3.63) is 0 Å². The molecule has 0 bridgehead atoms. The topological polar surface area (TPSA) is 12.0 Å². The molecule has 1 nitrogen and oxygen atoms in total. The molecule has 0 aliphatic heterocycles. The molecular weight excluding hydrogens is 158 g/mol. The monoisotopic (exact) mass is 183 g/mol. The van der Waals surface area contributed by atoms with Gasteiger partial charge in [0.25, 0.3) is 0 Å². The first-order valence-corrected chi connectivity index (χ1v) is 5.97. The maximum absolute atomic E-state index is 3.58. The smallest absolute Gasteiger partial charge is 0.00104 e. The zero-order valence-corrected chi connectivity index (χ0v) is 9.47. The average Bonchev–Trinajstić information content (AvgIpc) is 1.97. The molecule has 0 aromatic carbocycles. The van der Waals surface area contributed by atoms with Crippen molar-refractivity contribution in [1.82, 2.24) is 5.32 Å². The lowest BCUT2D eigenvalue weighted by Gasteiger charge is -2.34. The molecule has 0 aromatic rings. The van der Waals surface area contributed by atoms with E-state index in [9.17, 15) is 0 Å². The minimum Gasteiger partial charge on any atom is -0.314 e. The molecule has 0 spiro atoms. The Kier molecular flexibility index (Phi) is 4.79. The van der Waals surface area contributed by atoms with E-state index < -0.39 is 0 Å². The second kappa shape index (κ2) is 5.64. The molecule has 13 heavy (non-hydrogen) atoms. The zero-order valence-electron chi connectivity index (χ0n) is 9.47. The van der Waals surface area contributed by atoms with Crippen LogP contribution in [0.15, 0.2) is 0 Å². The lowest BCUT2D eigenvalue weighted by atomic mass is 9.74. The van der Waals surface area contributed by atoms with Gasteiger partial charge in [0.05, 0.1) is 0 Å². The molecule has 1 aliphatic carbocycles. The van der Waals surface area contributed by atoms with Gasteiger partial charge in [0, 0.05) is 6.04 Å². The Morgan fingerprint density at radius 2 is 2.00 bits per heavy atom. The van der Waals surface area contributed by atoms with Crippen molar-refractivity contribution in [2.75, 3.05) is 6.54 Å². The highest BCUT2D eigenvalue weighted by molar-refractivity contribution is 4.79. The van der Waals surface area contributed by atoms with Crippen LogP contribution in [0.5, 0.6) is 0 Å². The standard InChI is InChI=1S/C12H25N/c1-4-6-12(9-13-10(2)3)11-7-5-8-11/h10-13H,4-9H2,1-3H3. The number of nitrogens with one attached hydrogen (secondary N) is 1. The van der Waals surface area contributed by atoms with Gasteiger partial charge in [-0.3, -0.25) is 0 Å². The molecule has 0 aromatic heterocycles. The summed E-state index contributed by atoms with van der Waals surface area (Å²) in [5, 5.41) is 3.58. The summed E-state index contributed by atoms with van der Waals surface area (Å²) >= 11 is 0. The minimum atomic E-state index is 0.652. The Morgan fingerprint density at radius 1 is 1.31 bits per heavy atom. The first-order chi connectivity index (χ1) is 6.24. The highest BCUT2D eigenvalue weighted by Gasteiger charge is 2.26. The Morgan fingerprint density at radius 3 is 2.38 bits per heavy atom. The van der Waals surface area contributed by atoms with E-state index in [1.54, 1.807) is 0 Å². The lowest BCUT2D eigenvalue weighted by Crippen LogP contribution is -2.34.